The van der Waals surface area contributed by atoms with Crippen LogP contribution in [0, 0.1) is 0 Å². The molecule has 3 rings (SSSR count). The second kappa shape index (κ2) is 6.84. The fourth-order valence-electron chi connectivity index (χ4n) is 3.28. The molecule has 1 fully saturated rings. The van der Waals surface area contributed by atoms with Crippen molar-refractivity contribution < 1.29 is 4.79 Å². The molecule has 5 nitrogen and oxygen atoms in total. The zero-order valence-electron chi connectivity index (χ0n) is 14.0. The minimum atomic E-state index is -0.0646. The Morgan fingerprint density at radius 3 is 2.91 bits per heavy atom. The third-order valence-electron chi connectivity index (χ3n) is 4.71. The van der Waals surface area contributed by atoms with E-state index >= 15 is 0 Å². The summed E-state index contributed by atoms with van der Waals surface area (Å²) in [5.74, 6) is 1.20. The van der Waals surface area contributed by atoms with E-state index in [1.807, 2.05) is 48.8 Å². The molecule has 0 aromatic carbocycles. The molecule has 2 atom stereocenters. The van der Waals surface area contributed by atoms with E-state index in [9.17, 15) is 4.79 Å². The van der Waals surface area contributed by atoms with Gasteiger partial charge in [0.15, 0.2) is 0 Å². The number of nitrogens with zero attached hydrogens (tertiary/aromatic N) is 4. The van der Waals surface area contributed by atoms with Crippen LogP contribution in [0.15, 0.2) is 29.9 Å². The molecular formula is C17H24N4OS. The zero-order valence-corrected chi connectivity index (χ0v) is 14.8. The summed E-state index contributed by atoms with van der Waals surface area (Å²) in [5, 5.41) is 2.03. The molecule has 124 valence electrons. The van der Waals surface area contributed by atoms with E-state index in [1.165, 1.54) is 0 Å². The predicted molar refractivity (Wildman–Crippen MR) is 92.5 cm³/mol. The Morgan fingerprint density at radius 2 is 2.30 bits per heavy atom. The van der Waals surface area contributed by atoms with Crippen molar-refractivity contribution in [2.24, 2.45) is 7.05 Å². The lowest BCUT2D eigenvalue weighted by molar-refractivity contribution is -0.135. The van der Waals surface area contributed by atoms with Crippen LogP contribution in [-0.2, 0) is 11.8 Å². The number of piperazine rings is 1. The first-order valence-corrected chi connectivity index (χ1v) is 9.03. The lowest BCUT2D eigenvalue weighted by atomic mass is 10.1. The highest BCUT2D eigenvalue weighted by atomic mass is 32.1. The van der Waals surface area contributed by atoms with Gasteiger partial charge < -0.3 is 9.47 Å². The van der Waals surface area contributed by atoms with Crippen LogP contribution in [0.4, 0.5) is 0 Å². The first-order chi connectivity index (χ1) is 11.1. The molecule has 0 aliphatic carbocycles. The number of carbonyl (C=O) groups is 1. The molecule has 0 radical (unpaired) electrons. The number of amides is 1. The molecular weight excluding hydrogens is 308 g/mol. The number of imidazole rings is 1. The molecule has 0 spiro atoms. The molecule has 2 aromatic heterocycles. The summed E-state index contributed by atoms with van der Waals surface area (Å²) in [5.41, 5.74) is 0. The van der Waals surface area contributed by atoms with E-state index in [-0.39, 0.29) is 17.9 Å². The van der Waals surface area contributed by atoms with Gasteiger partial charge in [0.05, 0.1) is 12.0 Å². The summed E-state index contributed by atoms with van der Waals surface area (Å²) in [4.78, 5) is 22.9. The Bertz CT molecular complexity index is 651. The van der Waals surface area contributed by atoms with Gasteiger partial charge in [0.1, 0.15) is 5.82 Å². The number of likely N-dealkylation sites (N-methyl/N-ethyl adjacent to an activating group) is 1. The van der Waals surface area contributed by atoms with Crippen molar-refractivity contribution in [2.75, 3.05) is 26.2 Å². The number of thiophene rings is 1. The monoisotopic (exact) mass is 332 g/mol. The van der Waals surface area contributed by atoms with E-state index in [0.29, 0.717) is 6.54 Å². The lowest BCUT2D eigenvalue weighted by Gasteiger charge is -2.41. The molecule has 1 saturated heterocycles. The number of aromatic nitrogens is 2. The van der Waals surface area contributed by atoms with E-state index in [0.717, 1.165) is 30.3 Å². The minimum Gasteiger partial charge on any atom is -0.339 e. The Kier molecular flexibility index (Phi) is 4.82. The van der Waals surface area contributed by atoms with E-state index < -0.39 is 0 Å². The molecule has 0 bridgehead atoms. The zero-order chi connectivity index (χ0) is 16.4. The Morgan fingerprint density at radius 1 is 1.48 bits per heavy atom. The quantitative estimate of drug-likeness (QED) is 0.864. The number of hydrogen-bond acceptors (Lipinski definition) is 4. The molecule has 0 saturated carbocycles. The lowest BCUT2D eigenvalue weighted by Crippen LogP contribution is -2.51. The first kappa shape index (κ1) is 16.2. The molecule has 1 aliphatic rings. The van der Waals surface area contributed by atoms with Gasteiger partial charge in [0, 0.05) is 44.0 Å². The third kappa shape index (κ3) is 3.19. The maximum Gasteiger partial charge on any atom is 0.230 e. The Balaban J connectivity index is 1.77. The van der Waals surface area contributed by atoms with Gasteiger partial charge in [-0.15, -0.1) is 11.3 Å². The summed E-state index contributed by atoms with van der Waals surface area (Å²) >= 11 is 1.66. The summed E-state index contributed by atoms with van der Waals surface area (Å²) < 4.78 is 2.06. The maximum atomic E-state index is 12.9. The average Bonchev–Trinajstić information content (AvgIpc) is 3.24. The molecule has 1 amide bonds. The Labute approximate surface area is 141 Å². The molecule has 3 heterocycles. The summed E-state index contributed by atoms with van der Waals surface area (Å²) in [7, 11) is 2.02. The predicted octanol–water partition coefficient (Wildman–Crippen LogP) is 2.49. The van der Waals surface area contributed by atoms with Crippen LogP contribution in [0.25, 0.3) is 0 Å². The molecule has 2 aromatic rings. The van der Waals surface area contributed by atoms with Crippen molar-refractivity contribution in [3.05, 3.63) is 40.6 Å². The van der Waals surface area contributed by atoms with Crippen LogP contribution >= 0.6 is 11.3 Å². The molecule has 0 unspecified atom stereocenters. The van der Waals surface area contributed by atoms with Crippen LogP contribution in [0.5, 0.6) is 0 Å². The minimum absolute atomic E-state index is 0.0646. The normalized spacial score (nSPS) is 20.7. The number of rotatable bonds is 4. The SMILES string of the molecule is CCN1CCN(C(=O)[C@@H](C)c2cccs2)C[C@H]1c1nccn1C. The van der Waals surface area contributed by atoms with E-state index in [4.69, 9.17) is 0 Å². The van der Waals surface area contributed by atoms with Crippen LogP contribution in [0.3, 0.4) is 0 Å². The van der Waals surface area contributed by atoms with Crippen molar-refractivity contribution in [1.82, 2.24) is 19.4 Å². The average molecular weight is 332 g/mol. The van der Waals surface area contributed by atoms with Crippen molar-refractivity contribution in [2.45, 2.75) is 25.8 Å². The van der Waals surface area contributed by atoms with E-state index in [2.05, 4.69) is 21.4 Å². The molecule has 23 heavy (non-hydrogen) atoms. The van der Waals surface area contributed by atoms with Gasteiger partial charge >= 0.3 is 0 Å². The number of carbonyl (C=O) groups excluding carboxylic acids is 1. The highest BCUT2D eigenvalue weighted by Crippen LogP contribution is 2.28. The topological polar surface area (TPSA) is 41.4 Å². The van der Waals surface area contributed by atoms with Crippen molar-refractivity contribution in [1.29, 1.82) is 0 Å². The Hall–Kier alpha value is -1.66. The largest absolute Gasteiger partial charge is 0.339 e. The van der Waals surface area contributed by atoms with Gasteiger partial charge in [-0.05, 0) is 24.9 Å². The van der Waals surface area contributed by atoms with Crippen molar-refractivity contribution in [3.63, 3.8) is 0 Å². The van der Waals surface area contributed by atoms with Gasteiger partial charge in [0.2, 0.25) is 5.91 Å². The second-order valence-corrected chi connectivity index (χ2v) is 7.04. The van der Waals surface area contributed by atoms with Gasteiger partial charge in [-0.25, -0.2) is 4.98 Å². The van der Waals surface area contributed by atoms with Crippen LogP contribution < -0.4 is 0 Å². The van der Waals surface area contributed by atoms with Crippen molar-refractivity contribution in [3.8, 4) is 0 Å². The fourth-order valence-corrected chi connectivity index (χ4v) is 4.05. The molecule has 0 N–H and O–H groups in total. The van der Waals surface area contributed by atoms with E-state index in [1.54, 1.807) is 11.3 Å². The van der Waals surface area contributed by atoms with Gasteiger partial charge in [0.25, 0.3) is 0 Å². The van der Waals surface area contributed by atoms with Crippen molar-refractivity contribution >= 4 is 17.2 Å². The standard InChI is InChI=1S/C17H24N4OS/c1-4-20-9-10-21(12-14(20)16-18-7-8-19(16)3)17(22)13(2)15-6-5-11-23-15/h5-8,11,13-14H,4,9-10,12H2,1-3H3/t13-,14-/m0/s1. The van der Waals surface area contributed by atoms with Gasteiger partial charge in [-0.2, -0.15) is 0 Å². The third-order valence-corrected chi connectivity index (χ3v) is 5.76. The highest BCUT2D eigenvalue weighted by molar-refractivity contribution is 7.10. The highest BCUT2D eigenvalue weighted by Gasteiger charge is 2.33. The van der Waals surface area contributed by atoms with Gasteiger partial charge in [-0.3, -0.25) is 9.69 Å². The van der Waals surface area contributed by atoms with Crippen LogP contribution in [-0.4, -0.2) is 51.4 Å². The molecule has 1 aliphatic heterocycles. The van der Waals surface area contributed by atoms with Crippen LogP contribution in [0.2, 0.25) is 0 Å². The number of aryl methyl sites for hydroxylation is 1. The number of hydrogen-bond donors (Lipinski definition) is 0. The molecule has 6 heteroatoms. The first-order valence-electron chi connectivity index (χ1n) is 8.15. The summed E-state index contributed by atoms with van der Waals surface area (Å²) in [6.45, 7) is 7.56. The van der Waals surface area contributed by atoms with Gasteiger partial charge in [-0.1, -0.05) is 13.0 Å². The van der Waals surface area contributed by atoms with Crippen LogP contribution in [0.1, 0.15) is 36.5 Å². The maximum absolute atomic E-state index is 12.9. The smallest absolute Gasteiger partial charge is 0.230 e. The second-order valence-electron chi connectivity index (χ2n) is 6.06. The summed E-state index contributed by atoms with van der Waals surface area (Å²) in [6, 6.07) is 4.23. The fraction of sp³-hybridized carbons (Fsp3) is 0.529. The summed E-state index contributed by atoms with van der Waals surface area (Å²) in [6.07, 6.45) is 3.80.